The number of aryl methyl sites for hydroxylation is 1. The number of benzene rings is 1. The van der Waals surface area contributed by atoms with Crippen LogP contribution in [0, 0.1) is 6.92 Å². The lowest BCUT2D eigenvalue weighted by atomic mass is 10.1. The normalized spacial score (nSPS) is 10.9. The Balaban J connectivity index is 2.08. The van der Waals surface area contributed by atoms with Crippen molar-refractivity contribution >= 4 is 17.7 Å². The number of hydrogen-bond donors (Lipinski definition) is 1. The van der Waals surface area contributed by atoms with Crippen LogP contribution in [0.25, 0.3) is 0 Å². The van der Waals surface area contributed by atoms with Gasteiger partial charge in [0.25, 0.3) is 5.56 Å². The first kappa shape index (κ1) is 19.2. The highest BCUT2D eigenvalue weighted by Gasteiger charge is 2.18. The van der Waals surface area contributed by atoms with Crippen LogP contribution in [-0.4, -0.2) is 33.1 Å². The van der Waals surface area contributed by atoms with E-state index in [0.717, 1.165) is 5.56 Å². The zero-order valence-electron chi connectivity index (χ0n) is 15.2. The van der Waals surface area contributed by atoms with Crippen LogP contribution in [0.5, 0.6) is 0 Å². The maximum atomic E-state index is 12.7. The summed E-state index contributed by atoms with van der Waals surface area (Å²) in [5, 5.41) is 0.602. The Bertz CT molecular complexity index is 772. The minimum atomic E-state index is -0.149. The monoisotopic (exact) mass is 359 g/mol. The molecule has 1 aromatic heterocycles. The first-order chi connectivity index (χ1) is 11.9. The summed E-state index contributed by atoms with van der Waals surface area (Å²) in [5.74, 6) is 0.0478. The predicted molar refractivity (Wildman–Crippen MR) is 102 cm³/mol. The fourth-order valence-corrected chi connectivity index (χ4v) is 3.11. The third kappa shape index (κ3) is 5.19. The van der Waals surface area contributed by atoms with Gasteiger partial charge in [0.1, 0.15) is 0 Å². The number of nitrogens with zero attached hydrogens (tertiary/aromatic N) is 2. The van der Waals surface area contributed by atoms with E-state index in [1.807, 2.05) is 62.3 Å². The molecule has 0 bridgehead atoms. The van der Waals surface area contributed by atoms with E-state index in [4.69, 9.17) is 0 Å². The van der Waals surface area contributed by atoms with Crippen molar-refractivity contribution in [1.82, 2.24) is 14.9 Å². The molecule has 5 nitrogen and oxygen atoms in total. The lowest BCUT2D eigenvalue weighted by Crippen LogP contribution is -2.36. The molecule has 1 aromatic carbocycles. The second kappa shape index (κ2) is 8.85. The highest BCUT2D eigenvalue weighted by molar-refractivity contribution is 7.98. The van der Waals surface area contributed by atoms with Gasteiger partial charge in [-0.2, -0.15) is 0 Å². The number of thioether (sulfide) groups is 1. The van der Waals surface area contributed by atoms with E-state index in [1.165, 1.54) is 11.8 Å². The third-order valence-corrected chi connectivity index (χ3v) is 4.70. The van der Waals surface area contributed by atoms with E-state index in [1.54, 1.807) is 0 Å². The molecule has 1 amide bonds. The van der Waals surface area contributed by atoms with E-state index in [2.05, 4.69) is 9.97 Å². The van der Waals surface area contributed by atoms with Gasteiger partial charge < -0.3 is 9.88 Å². The van der Waals surface area contributed by atoms with E-state index >= 15 is 0 Å². The summed E-state index contributed by atoms with van der Waals surface area (Å²) in [6.07, 6.45) is 2.57. The van der Waals surface area contributed by atoms with Crippen molar-refractivity contribution in [1.29, 1.82) is 0 Å². The van der Waals surface area contributed by atoms with E-state index in [0.29, 0.717) is 35.8 Å². The quantitative estimate of drug-likeness (QED) is 0.609. The van der Waals surface area contributed by atoms with Crippen LogP contribution >= 0.6 is 11.8 Å². The highest BCUT2D eigenvalue weighted by Crippen LogP contribution is 2.13. The fourth-order valence-electron chi connectivity index (χ4n) is 2.69. The largest absolute Gasteiger partial charge is 0.336 e. The Morgan fingerprint density at radius 1 is 1.28 bits per heavy atom. The molecule has 0 radical (unpaired) electrons. The molecule has 1 N–H and O–H groups in total. The van der Waals surface area contributed by atoms with Crippen LogP contribution in [-0.2, 0) is 17.8 Å². The first-order valence-electron chi connectivity index (χ1n) is 8.39. The third-order valence-electron chi connectivity index (χ3n) is 4.12. The summed E-state index contributed by atoms with van der Waals surface area (Å²) in [6, 6.07) is 10.0. The van der Waals surface area contributed by atoms with Crippen LogP contribution in [0.15, 0.2) is 40.3 Å². The number of carbonyl (C=O) groups excluding carboxylic acids is 1. The smallest absolute Gasteiger partial charge is 0.254 e. The van der Waals surface area contributed by atoms with Crippen molar-refractivity contribution in [2.75, 3.05) is 6.26 Å². The molecular weight excluding hydrogens is 334 g/mol. The van der Waals surface area contributed by atoms with Crippen molar-refractivity contribution in [2.45, 2.75) is 51.4 Å². The van der Waals surface area contributed by atoms with E-state index in [9.17, 15) is 9.59 Å². The molecule has 0 saturated carbocycles. The van der Waals surface area contributed by atoms with Gasteiger partial charge >= 0.3 is 0 Å². The molecule has 1 heterocycles. The molecule has 2 aromatic rings. The Morgan fingerprint density at radius 2 is 1.96 bits per heavy atom. The summed E-state index contributed by atoms with van der Waals surface area (Å²) in [5.41, 5.74) is 2.24. The second-order valence-electron chi connectivity index (χ2n) is 6.24. The Hall–Kier alpha value is -2.08. The zero-order chi connectivity index (χ0) is 18.4. The molecular formula is C19H25N3O2S. The number of carbonyl (C=O) groups is 1. The molecule has 134 valence electrons. The van der Waals surface area contributed by atoms with Gasteiger partial charge in [-0.05, 0) is 39.0 Å². The zero-order valence-corrected chi connectivity index (χ0v) is 16.0. The molecule has 0 unspecified atom stereocenters. The van der Waals surface area contributed by atoms with E-state index in [-0.39, 0.29) is 17.5 Å². The summed E-state index contributed by atoms with van der Waals surface area (Å²) in [7, 11) is 0. The average Bonchev–Trinajstić information content (AvgIpc) is 2.59. The van der Waals surface area contributed by atoms with Gasteiger partial charge in [-0.25, -0.2) is 4.98 Å². The Kier molecular flexibility index (Phi) is 6.82. The molecule has 0 spiro atoms. The molecule has 0 saturated heterocycles. The van der Waals surface area contributed by atoms with Crippen LogP contribution in [0.1, 0.15) is 37.1 Å². The summed E-state index contributed by atoms with van der Waals surface area (Å²) < 4.78 is 0. The number of rotatable bonds is 7. The molecule has 0 fully saturated rings. The van der Waals surface area contributed by atoms with Crippen molar-refractivity contribution in [3.8, 4) is 0 Å². The number of nitrogens with one attached hydrogen (secondary N) is 1. The summed E-state index contributed by atoms with van der Waals surface area (Å²) in [6.45, 7) is 6.41. The fraction of sp³-hybridized carbons (Fsp3) is 0.421. The van der Waals surface area contributed by atoms with Crippen molar-refractivity contribution in [3.05, 3.63) is 57.5 Å². The molecule has 0 atom stereocenters. The second-order valence-corrected chi connectivity index (χ2v) is 7.04. The molecule has 0 aliphatic carbocycles. The maximum Gasteiger partial charge on any atom is 0.254 e. The van der Waals surface area contributed by atoms with Crippen molar-refractivity contribution in [2.24, 2.45) is 0 Å². The summed E-state index contributed by atoms with van der Waals surface area (Å²) >= 11 is 1.40. The van der Waals surface area contributed by atoms with Crippen LogP contribution in [0.4, 0.5) is 0 Å². The number of hydrogen-bond acceptors (Lipinski definition) is 4. The van der Waals surface area contributed by atoms with Crippen molar-refractivity contribution < 1.29 is 4.79 Å². The van der Waals surface area contributed by atoms with Gasteiger partial charge in [0, 0.05) is 30.3 Å². The average molecular weight is 359 g/mol. The molecule has 2 rings (SSSR count). The molecule has 6 heteroatoms. The highest BCUT2D eigenvalue weighted by atomic mass is 32.2. The SMILES string of the molecule is CSc1nc(C)c(CCC(=O)N(Cc2ccccc2)C(C)C)c(=O)[nH]1. The minimum absolute atomic E-state index is 0.0478. The lowest BCUT2D eigenvalue weighted by molar-refractivity contribution is -0.133. The molecule has 0 aliphatic heterocycles. The van der Waals surface area contributed by atoms with E-state index < -0.39 is 0 Å². The number of amides is 1. The number of aromatic amines is 1. The van der Waals surface area contributed by atoms with Gasteiger partial charge in [-0.15, -0.1) is 0 Å². The van der Waals surface area contributed by atoms with Gasteiger partial charge in [-0.3, -0.25) is 9.59 Å². The van der Waals surface area contributed by atoms with Gasteiger partial charge in [0.2, 0.25) is 5.91 Å². The summed E-state index contributed by atoms with van der Waals surface area (Å²) in [4.78, 5) is 33.9. The first-order valence-corrected chi connectivity index (χ1v) is 9.62. The minimum Gasteiger partial charge on any atom is -0.336 e. The lowest BCUT2D eigenvalue weighted by Gasteiger charge is -2.27. The topological polar surface area (TPSA) is 66.1 Å². The number of aromatic nitrogens is 2. The standard InChI is InChI=1S/C19H25N3O2S/c1-13(2)22(12-15-8-6-5-7-9-15)17(23)11-10-16-14(3)20-19(25-4)21-18(16)24/h5-9,13H,10-12H2,1-4H3,(H,20,21,24). The number of H-pyrrole nitrogens is 1. The van der Waals surface area contributed by atoms with Gasteiger partial charge in [0.15, 0.2) is 5.16 Å². The maximum absolute atomic E-state index is 12.7. The van der Waals surface area contributed by atoms with Crippen molar-refractivity contribution in [3.63, 3.8) is 0 Å². The predicted octanol–water partition coefficient (Wildman–Crippen LogP) is 3.17. The van der Waals surface area contributed by atoms with Gasteiger partial charge in [0.05, 0.1) is 0 Å². The molecule has 25 heavy (non-hydrogen) atoms. The van der Waals surface area contributed by atoms with Crippen LogP contribution in [0.2, 0.25) is 0 Å². The Morgan fingerprint density at radius 3 is 2.52 bits per heavy atom. The van der Waals surface area contributed by atoms with Crippen LogP contribution < -0.4 is 5.56 Å². The Labute approximate surface area is 152 Å². The van der Waals surface area contributed by atoms with Gasteiger partial charge in [-0.1, -0.05) is 42.1 Å². The molecule has 0 aliphatic rings. The van der Waals surface area contributed by atoms with Crippen LogP contribution in [0.3, 0.4) is 0 Å².